The number of rotatable bonds is 14. The van der Waals surface area contributed by atoms with Crippen LogP contribution in [0.1, 0.15) is 57.1 Å². The second-order valence-electron chi connectivity index (χ2n) is 16.4. The van der Waals surface area contributed by atoms with E-state index < -0.39 is 11.7 Å². The first-order chi connectivity index (χ1) is 29.4. The number of hydrogen-bond acceptors (Lipinski definition) is 13. The molecule has 3 aliphatic rings. The Morgan fingerprint density at radius 2 is 1.87 bits per heavy atom. The van der Waals surface area contributed by atoms with Crippen molar-refractivity contribution in [2.45, 2.75) is 57.5 Å². The molecule has 2 aromatic heterocycles. The summed E-state index contributed by atoms with van der Waals surface area (Å²) in [7, 11) is 5.50. The number of imide groups is 1. The quantitative estimate of drug-likeness (QED) is 0.100. The van der Waals surface area contributed by atoms with E-state index in [0.29, 0.717) is 52.5 Å². The van der Waals surface area contributed by atoms with Gasteiger partial charge >= 0.3 is 0 Å². The molecule has 2 saturated heterocycles. The number of ether oxygens (including phenoxy) is 1. The lowest BCUT2D eigenvalue weighted by atomic mass is 9.65. The first-order valence-corrected chi connectivity index (χ1v) is 21.3. The van der Waals surface area contributed by atoms with Gasteiger partial charge in [0.25, 0.3) is 5.56 Å². The lowest BCUT2D eigenvalue weighted by Gasteiger charge is -2.46. The molecular weight excluding hydrogens is 805 g/mol. The van der Waals surface area contributed by atoms with Crippen molar-refractivity contribution in [2.75, 3.05) is 67.9 Å². The maximum absolute atomic E-state index is 15.8. The largest absolute Gasteiger partial charge is 0.453 e. The number of nitrogens with one attached hydrogen (secondary N) is 2. The Morgan fingerprint density at radius 3 is 2.61 bits per heavy atom. The van der Waals surface area contributed by atoms with Gasteiger partial charge < -0.3 is 19.3 Å². The molecule has 0 unspecified atom stereocenters. The highest BCUT2D eigenvalue weighted by Gasteiger charge is 2.50. The van der Waals surface area contributed by atoms with Crippen molar-refractivity contribution in [2.24, 2.45) is 12.5 Å². The van der Waals surface area contributed by atoms with E-state index in [1.165, 1.54) is 30.3 Å². The molecule has 18 heteroatoms. The molecule has 0 radical (unpaired) electrons. The highest BCUT2D eigenvalue weighted by Crippen LogP contribution is 2.54. The van der Waals surface area contributed by atoms with Crippen LogP contribution >= 0.6 is 12.1 Å². The molecule has 2 N–H and O–H groups in total. The molecule has 61 heavy (non-hydrogen) atoms. The van der Waals surface area contributed by atoms with Gasteiger partial charge in [-0.05, 0) is 93.6 Å². The topological polar surface area (TPSA) is 157 Å². The maximum Gasteiger partial charge on any atom is 0.261 e. The average Bonchev–Trinajstić information content (AvgIpc) is 3.84. The molecule has 0 atom stereocenters. The second-order valence-corrected chi connectivity index (χ2v) is 17.4. The first-order valence-electron chi connectivity index (χ1n) is 20.6. The molecule has 8 rings (SSSR count). The molecule has 0 bridgehead atoms. The van der Waals surface area contributed by atoms with Crippen LogP contribution in [0.15, 0.2) is 53.6 Å². The van der Waals surface area contributed by atoms with E-state index in [4.69, 9.17) is 4.74 Å². The summed E-state index contributed by atoms with van der Waals surface area (Å²) < 4.78 is 45.2. The number of benzene rings is 3. The van der Waals surface area contributed by atoms with Gasteiger partial charge in [0.15, 0.2) is 17.4 Å². The zero-order chi connectivity index (χ0) is 43.0. The van der Waals surface area contributed by atoms with Gasteiger partial charge in [0.2, 0.25) is 12.3 Å². The molecule has 15 nitrogen and oxygen atoms in total. The van der Waals surface area contributed by atoms with E-state index in [1.54, 1.807) is 45.7 Å². The van der Waals surface area contributed by atoms with Gasteiger partial charge in [-0.2, -0.15) is 10.4 Å². The minimum absolute atomic E-state index is 0.00655. The number of carbonyl (C=O) groups is 2. The van der Waals surface area contributed by atoms with Gasteiger partial charge in [0.05, 0.1) is 34.1 Å². The van der Waals surface area contributed by atoms with E-state index in [0.717, 1.165) is 70.3 Å². The van der Waals surface area contributed by atoms with Gasteiger partial charge in [-0.1, -0.05) is 6.92 Å². The van der Waals surface area contributed by atoms with Gasteiger partial charge in [-0.25, -0.2) is 18.1 Å². The average molecular weight is 854 g/mol. The monoisotopic (exact) mass is 853 g/mol. The molecule has 5 aromatic rings. The number of aryl methyl sites for hydroxylation is 1. The van der Waals surface area contributed by atoms with Crippen molar-refractivity contribution in [3.63, 3.8) is 0 Å². The van der Waals surface area contributed by atoms with E-state index >= 15 is 8.78 Å². The van der Waals surface area contributed by atoms with Crippen LogP contribution in [-0.4, -0.2) is 100 Å². The van der Waals surface area contributed by atoms with Crippen molar-refractivity contribution in [3.05, 3.63) is 76.3 Å². The van der Waals surface area contributed by atoms with Crippen LogP contribution in [0.25, 0.3) is 21.8 Å². The Balaban J connectivity index is 0.888. The number of halogens is 2. The van der Waals surface area contributed by atoms with E-state index in [9.17, 15) is 19.6 Å². The van der Waals surface area contributed by atoms with Crippen LogP contribution in [-0.2, 0) is 16.6 Å². The van der Waals surface area contributed by atoms with Crippen molar-refractivity contribution < 1.29 is 23.1 Å². The van der Waals surface area contributed by atoms with Crippen molar-refractivity contribution in [1.29, 1.82) is 5.26 Å². The number of nitrogens with zero attached hydrogens (tertiary/aromatic N) is 9. The first kappa shape index (κ1) is 41.9. The minimum atomic E-state index is -0.689. The lowest BCUT2D eigenvalue weighted by molar-refractivity contribution is -0.125. The Kier molecular flexibility index (Phi) is 11.9. The van der Waals surface area contributed by atoms with E-state index in [-0.39, 0.29) is 46.3 Å². The number of piperidine rings is 1. The van der Waals surface area contributed by atoms with Crippen LogP contribution in [0.4, 0.5) is 26.0 Å². The Hall–Kier alpha value is -5.77. The van der Waals surface area contributed by atoms with Gasteiger partial charge in [-0.3, -0.25) is 33.8 Å². The van der Waals surface area contributed by atoms with Crippen molar-refractivity contribution in [3.8, 4) is 17.6 Å². The molecular formula is C43H49F2N11O4S. The van der Waals surface area contributed by atoms with Crippen molar-refractivity contribution in [1.82, 2.24) is 33.9 Å². The smallest absolute Gasteiger partial charge is 0.261 e. The zero-order valence-electron chi connectivity index (χ0n) is 34.7. The number of anilines is 3. The number of carbonyl (C=O) groups excluding carboxylic acids is 2. The third-order valence-corrected chi connectivity index (χ3v) is 13.5. The number of likely N-dealkylation sites (tertiary alicyclic amines) is 1. The summed E-state index contributed by atoms with van der Waals surface area (Å²) in [6.07, 6.45) is 6.69. The molecule has 1 spiro atoms. The number of aromatic nitrogens is 4. The van der Waals surface area contributed by atoms with Crippen molar-refractivity contribution >= 4 is 63.4 Å². The van der Waals surface area contributed by atoms with E-state index in [2.05, 4.69) is 36.0 Å². The molecule has 3 aromatic carbocycles. The molecule has 4 heterocycles. The van der Waals surface area contributed by atoms with E-state index in [1.807, 2.05) is 31.4 Å². The summed E-state index contributed by atoms with van der Waals surface area (Å²) >= 11 is 1.28. The molecule has 1 saturated carbocycles. The summed E-state index contributed by atoms with van der Waals surface area (Å²) in [5.41, 5.74) is 2.22. The van der Waals surface area contributed by atoms with Crippen LogP contribution in [0.2, 0.25) is 0 Å². The predicted octanol–water partition coefficient (Wildman–Crippen LogP) is 5.95. The standard InChI is InChI=1S/C43H49F2N11O4S/c1-5-52(3)61-50-36-9-7-33(44)40(32(36)23-46)60-29-6-8-35-30(18-29)42(59)56(25-47-35)28-21-43(22-28)13-17-55(24-43)27-10-15-54(16-11-27)38-20-37-31(19-34(38)45)41(49-53(37)4)51(2)14-12-39(58)48-26-57/h6-9,18-20,25-28,50H,5,10-17,21-22,24H2,1-4H3,(H,48,57,58). The summed E-state index contributed by atoms with van der Waals surface area (Å²) in [6, 6.07) is 13.4. The maximum atomic E-state index is 15.8. The molecule has 2 amide bonds. The number of hydrogen-bond donors (Lipinski definition) is 2. The Bertz CT molecular complexity index is 2580. The number of amides is 2. The number of fused-ring (bicyclic) bond motifs is 2. The summed E-state index contributed by atoms with van der Waals surface area (Å²) in [6.45, 7) is 6.45. The Labute approximate surface area is 356 Å². The van der Waals surface area contributed by atoms with Gasteiger partial charge in [-0.15, -0.1) is 0 Å². The van der Waals surface area contributed by atoms with Crippen LogP contribution in [0, 0.1) is 28.4 Å². The number of nitriles is 1. The molecule has 1 aliphatic carbocycles. The SMILES string of the molecule is CCN(C)SNc1ccc(F)c(Oc2ccc3ncn(C4CC5(CCN(C6CCN(c7cc8c(cc7F)c(N(C)CCC(=O)NC=O)nn8C)CC6)C5)C4)c(=O)c3c2)c1C#N. The highest BCUT2D eigenvalue weighted by molar-refractivity contribution is 7.98. The summed E-state index contributed by atoms with van der Waals surface area (Å²) in [5, 5.41) is 17.7. The molecule has 3 fully saturated rings. The molecule has 320 valence electrons. The lowest BCUT2D eigenvalue weighted by Crippen LogP contribution is -2.47. The summed E-state index contributed by atoms with van der Waals surface area (Å²) in [5.74, 6) is -0.817. The predicted molar refractivity (Wildman–Crippen MR) is 232 cm³/mol. The van der Waals surface area contributed by atoms with Gasteiger partial charge in [0, 0.05) is 82.8 Å². The fourth-order valence-electron chi connectivity index (χ4n) is 9.11. The normalized spacial score (nSPS) is 19.4. The second kappa shape index (κ2) is 17.3. The summed E-state index contributed by atoms with van der Waals surface area (Å²) in [4.78, 5) is 47.4. The fourth-order valence-corrected chi connectivity index (χ4v) is 9.66. The highest BCUT2D eigenvalue weighted by atomic mass is 32.2. The van der Waals surface area contributed by atoms with Crippen LogP contribution < -0.4 is 30.1 Å². The third kappa shape index (κ3) is 8.33. The van der Waals surface area contributed by atoms with Gasteiger partial charge in [0.1, 0.15) is 23.2 Å². The molecule has 2 aliphatic heterocycles. The van der Waals surface area contributed by atoms with Crippen LogP contribution in [0.5, 0.6) is 11.5 Å². The third-order valence-electron chi connectivity index (χ3n) is 12.6. The van der Waals surface area contributed by atoms with Crippen LogP contribution in [0.3, 0.4) is 0 Å². The minimum Gasteiger partial charge on any atom is -0.453 e. The fraction of sp³-hybridized carbons (Fsp3) is 0.442. The Morgan fingerprint density at radius 1 is 1.08 bits per heavy atom. The zero-order valence-corrected chi connectivity index (χ0v) is 35.5.